The molecule has 2 aromatic carbocycles. The van der Waals surface area contributed by atoms with Crippen molar-refractivity contribution < 1.29 is 9.59 Å². The number of aryl methyl sites for hydroxylation is 1. The summed E-state index contributed by atoms with van der Waals surface area (Å²) in [5.74, 6) is -0.338. The molecule has 0 atom stereocenters. The van der Waals surface area contributed by atoms with Gasteiger partial charge in [0.2, 0.25) is 0 Å². The maximum absolute atomic E-state index is 12.9. The lowest BCUT2D eigenvalue weighted by molar-refractivity contribution is -0.113. The van der Waals surface area contributed by atoms with Gasteiger partial charge in [0, 0.05) is 26.6 Å². The van der Waals surface area contributed by atoms with Gasteiger partial charge in [-0.05, 0) is 79.7 Å². The molecule has 3 aromatic rings. The summed E-state index contributed by atoms with van der Waals surface area (Å²) >= 11 is 10.5. The zero-order chi connectivity index (χ0) is 20.7. The van der Waals surface area contributed by atoms with Gasteiger partial charge in [0.25, 0.3) is 11.1 Å². The van der Waals surface area contributed by atoms with E-state index in [9.17, 15) is 9.59 Å². The number of hydrogen-bond acceptors (Lipinski definition) is 3. The van der Waals surface area contributed by atoms with E-state index in [0.717, 1.165) is 43.8 Å². The summed E-state index contributed by atoms with van der Waals surface area (Å²) < 4.78 is 3.12. The molecule has 7 heteroatoms. The van der Waals surface area contributed by atoms with Crippen LogP contribution in [0.1, 0.15) is 17.0 Å². The van der Waals surface area contributed by atoms with Crippen molar-refractivity contribution in [3.8, 4) is 5.69 Å². The molecule has 4 rings (SSSR count). The summed E-state index contributed by atoms with van der Waals surface area (Å²) in [5.41, 5.74) is 4.44. The average Bonchev–Trinajstić information content (AvgIpc) is 3.10. The molecule has 1 saturated heterocycles. The van der Waals surface area contributed by atoms with Gasteiger partial charge in [-0.2, -0.15) is 0 Å². The van der Waals surface area contributed by atoms with Crippen LogP contribution >= 0.6 is 39.3 Å². The number of amides is 2. The standard InChI is InChI=1S/C22H16BrClN2O2S/c1-13-9-15(14(2)25(13)18-7-3-5-16(23)11-18)10-20-21(27)26(22(28)29-20)19-8-4-6-17(24)12-19/h3-12H,1-2H3/b20-10+. The van der Waals surface area contributed by atoms with Crippen LogP contribution in [0.25, 0.3) is 11.8 Å². The van der Waals surface area contributed by atoms with Crippen LogP contribution in [0, 0.1) is 13.8 Å². The molecular weight excluding hydrogens is 472 g/mol. The van der Waals surface area contributed by atoms with Gasteiger partial charge in [0.05, 0.1) is 10.6 Å². The third-order valence-electron chi connectivity index (χ3n) is 4.68. The Morgan fingerprint density at radius 3 is 2.45 bits per heavy atom. The Bertz CT molecular complexity index is 1190. The number of carbonyl (C=O) groups is 2. The highest BCUT2D eigenvalue weighted by Crippen LogP contribution is 2.37. The summed E-state index contributed by atoms with van der Waals surface area (Å²) in [6, 6.07) is 16.8. The summed E-state index contributed by atoms with van der Waals surface area (Å²) in [7, 11) is 0. The van der Waals surface area contributed by atoms with Crippen molar-refractivity contribution in [2.24, 2.45) is 0 Å². The number of aromatic nitrogens is 1. The fourth-order valence-electron chi connectivity index (χ4n) is 3.39. The highest BCUT2D eigenvalue weighted by atomic mass is 79.9. The van der Waals surface area contributed by atoms with Crippen LogP contribution in [0.4, 0.5) is 10.5 Å². The van der Waals surface area contributed by atoms with E-state index in [-0.39, 0.29) is 11.1 Å². The molecule has 0 saturated carbocycles. The van der Waals surface area contributed by atoms with Crippen molar-refractivity contribution in [2.45, 2.75) is 13.8 Å². The van der Waals surface area contributed by atoms with Gasteiger partial charge in [-0.1, -0.05) is 39.7 Å². The van der Waals surface area contributed by atoms with E-state index in [2.05, 4.69) is 20.5 Å². The van der Waals surface area contributed by atoms with Crippen LogP contribution in [0.3, 0.4) is 0 Å². The molecule has 2 heterocycles. The lowest BCUT2D eigenvalue weighted by atomic mass is 10.2. The molecule has 1 fully saturated rings. The largest absolute Gasteiger partial charge is 0.318 e. The second kappa shape index (κ2) is 7.86. The molecule has 0 unspecified atom stereocenters. The van der Waals surface area contributed by atoms with E-state index < -0.39 is 0 Å². The zero-order valence-electron chi connectivity index (χ0n) is 15.6. The third kappa shape index (κ3) is 3.80. The minimum atomic E-state index is -0.338. The Morgan fingerprint density at radius 1 is 1.00 bits per heavy atom. The summed E-state index contributed by atoms with van der Waals surface area (Å²) in [4.78, 5) is 27.0. The number of carbonyl (C=O) groups excluding carboxylic acids is 2. The number of nitrogens with zero attached hydrogens (tertiary/aromatic N) is 2. The first kappa shape index (κ1) is 20.0. The summed E-state index contributed by atoms with van der Waals surface area (Å²) in [6.07, 6.45) is 1.78. The lowest BCUT2D eigenvalue weighted by Gasteiger charge is -2.12. The van der Waals surface area contributed by atoms with E-state index in [4.69, 9.17) is 11.6 Å². The third-order valence-corrected chi connectivity index (χ3v) is 6.28. The SMILES string of the molecule is Cc1cc(/C=C2/SC(=O)N(c3cccc(Cl)c3)C2=O)c(C)n1-c1cccc(Br)c1. The monoisotopic (exact) mass is 486 g/mol. The smallest absolute Gasteiger partial charge is 0.298 e. The molecule has 0 spiro atoms. The molecule has 1 aliphatic heterocycles. The first-order valence-corrected chi connectivity index (χ1v) is 10.8. The van der Waals surface area contributed by atoms with Gasteiger partial charge in [0.1, 0.15) is 0 Å². The van der Waals surface area contributed by atoms with Crippen molar-refractivity contribution in [1.82, 2.24) is 4.57 Å². The van der Waals surface area contributed by atoms with Gasteiger partial charge in [-0.25, -0.2) is 4.90 Å². The first-order valence-electron chi connectivity index (χ1n) is 8.83. The van der Waals surface area contributed by atoms with Crippen LogP contribution in [0.5, 0.6) is 0 Å². The quantitative estimate of drug-likeness (QED) is 0.384. The summed E-state index contributed by atoms with van der Waals surface area (Å²) in [5, 5.41) is 0.146. The van der Waals surface area contributed by atoms with Crippen LogP contribution < -0.4 is 4.90 Å². The van der Waals surface area contributed by atoms with Gasteiger partial charge < -0.3 is 4.57 Å². The number of hydrogen-bond donors (Lipinski definition) is 0. The Kier molecular flexibility index (Phi) is 5.42. The molecular formula is C22H16BrClN2O2S. The van der Waals surface area contributed by atoms with Crippen molar-refractivity contribution in [2.75, 3.05) is 4.90 Å². The van der Waals surface area contributed by atoms with E-state index in [1.54, 1.807) is 30.3 Å². The first-order chi connectivity index (χ1) is 13.8. The van der Waals surface area contributed by atoms with E-state index >= 15 is 0 Å². The van der Waals surface area contributed by atoms with Gasteiger partial charge >= 0.3 is 0 Å². The highest BCUT2D eigenvalue weighted by molar-refractivity contribution is 9.10. The number of benzene rings is 2. The van der Waals surface area contributed by atoms with Gasteiger partial charge in [-0.3, -0.25) is 9.59 Å². The van der Waals surface area contributed by atoms with E-state index in [1.165, 1.54) is 0 Å². The predicted octanol–water partition coefficient (Wildman–Crippen LogP) is 6.75. The van der Waals surface area contributed by atoms with Crippen molar-refractivity contribution in [1.29, 1.82) is 0 Å². The van der Waals surface area contributed by atoms with E-state index in [0.29, 0.717) is 15.6 Å². The minimum Gasteiger partial charge on any atom is -0.318 e. The van der Waals surface area contributed by atoms with Crippen LogP contribution in [0.15, 0.2) is 64.0 Å². The molecule has 0 aliphatic carbocycles. The second-order valence-electron chi connectivity index (χ2n) is 6.64. The molecule has 146 valence electrons. The van der Waals surface area contributed by atoms with Crippen molar-refractivity contribution >= 4 is 62.2 Å². The van der Waals surface area contributed by atoms with Gasteiger partial charge in [0.15, 0.2) is 0 Å². The molecule has 1 aromatic heterocycles. The Hall–Kier alpha value is -2.28. The molecule has 1 aliphatic rings. The van der Waals surface area contributed by atoms with Crippen molar-refractivity contribution in [3.63, 3.8) is 0 Å². The number of thioether (sulfide) groups is 1. The number of anilines is 1. The predicted molar refractivity (Wildman–Crippen MR) is 123 cm³/mol. The highest BCUT2D eigenvalue weighted by Gasteiger charge is 2.36. The number of halogens is 2. The normalized spacial score (nSPS) is 15.6. The summed E-state index contributed by atoms with van der Waals surface area (Å²) in [6.45, 7) is 4.02. The molecule has 0 radical (unpaired) electrons. The van der Waals surface area contributed by atoms with Crippen LogP contribution in [0.2, 0.25) is 5.02 Å². The Balaban J connectivity index is 1.71. The molecule has 0 bridgehead atoms. The number of rotatable bonds is 3. The zero-order valence-corrected chi connectivity index (χ0v) is 18.8. The minimum absolute atomic E-state index is 0.329. The topological polar surface area (TPSA) is 42.3 Å². The fraction of sp³-hybridized carbons (Fsp3) is 0.0909. The Morgan fingerprint density at radius 2 is 1.72 bits per heavy atom. The van der Waals surface area contributed by atoms with Gasteiger partial charge in [-0.15, -0.1) is 0 Å². The maximum atomic E-state index is 12.9. The molecule has 29 heavy (non-hydrogen) atoms. The van der Waals surface area contributed by atoms with E-state index in [1.807, 2.05) is 44.2 Å². The second-order valence-corrected chi connectivity index (χ2v) is 8.98. The van der Waals surface area contributed by atoms with Crippen LogP contribution in [-0.2, 0) is 4.79 Å². The maximum Gasteiger partial charge on any atom is 0.298 e. The molecule has 0 N–H and O–H groups in total. The molecule has 2 amide bonds. The number of imide groups is 1. The molecule has 4 nitrogen and oxygen atoms in total. The van der Waals surface area contributed by atoms with Crippen LogP contribution in [-0.4, -0.2) is 15.7 Å². The average molecular weight is 488 g/mol. The lowest BCUT2D eigenvalue weighted by Crippen LogP contribution is -2.27. The Labute approximate surface area is 186 Å². The van der Waals surface area contributed by atoms with Crippen molar-refractivity contribution in [3.05, 3.63) is 85.9 Å². The fourth-order valence-corrected chi connectivity index (χ4v) is 4.80.